The number of ether oxygens (including phenoxy) is 1. The van der Waals surface area contributed by atoms with Gasteiger partial charge >= 0.3 is 5.97 Å². The summed E-state index contributed by atoms with van der Waals surface area (Å²) in [6.07, 6.45) is 7.98. The van der Waals surface area contributed by atoms with Crippen molar-refractivity contribution in [2.24, 2.45) is 16.7 Å². The number of likely N-dealkylation sites (N-methyl/N-ethyl adjacent to an activating group) is 2. The molecule has 2 saturated carbocycles. The van der Waals surface area contributed by atoms with Gasteiger partial charge in [0, 0.05) is 61.7 Å². The smallest absolute Gasteiger partial charge is 0.324 e. The fourth-order valence-corrected chi connectivity index (χ4v) is 11.6. The minimum absolute atomic E-state index is 0.00554. The van der Waals surface area contributed by atoms with Gasteiger partial charge in [-0.1, -0.05) is 52.7 Å². The number of aromatic hydroxyl groups is 1. The van der Waals surface area contributed by atoms with Crippen LogP contribution in [0.5, 0.6) is 5.75 Å². The van der Waals surface area contributed by atoms with Crippen LogP contribution in [-0.4, -0.2) is 123 Å². The molecule has 2 saturated heterocycles. The van der Waals surface area contributed by atoms with Crippen LogP contribution in [0.2, 0.25) is 0 Å². The number of nitrogens with one attached hydrogen (secondary N) is 3. The first-order chi connectivity index (χ1) is 33.9. The highest BCUT2D eigenvalue weighted by Gasteiger charge is 2.63. The molecule has 4 fully saturated rings. The summed E-state index contributed by atoms with van der Waals surface area (Å²) in [5.41, 5.74) is 9.51. The predicted molar refractivity (Wildman–Crippen MR) is 268 cm³/mol. The molecule has 2 aromatic heterocycles. The number of phenols is 1. The number of hydrogen-bond acceptors (Lipinski definition) is 11. The first-order valence-electron chi connectivity index (χ1n) is 25.6. The van der Waals surface area contributed by atoms with Crippen LogP contribution in [0.1, 0.15) is 109 Å². The minimum atomic E-state index is -1.17. The Morgan fingerprint density at radius 1 is 1.03 bits per heavy atom. The number of rotatable bonds is 11. The number of esters is 1. The van der Waals surface area contributed by atoms with E-state index in [1.54, 1.807) is 26.2 Å². The summed E-state index contributed by atoms with van der Waals surface area (Å²) in [5, 5.41) is 29.7. The van der Waals surface area contributed by atoms with E-state index in [2.05, 4.69) is 79.5 Å². The van der Waals surface area contributed by atoms with Crippen LogP contribution in [0.15, 0.2) is 54.7 Å². The van der Waals surface area contributed by atoms with Crippen molar-refractivity contribution in [2.75, 3.05) is 33.8 Å². The van der Waals surface area contributed by atoms with E-state index in [4.69, 9.17) is 9.72 Å². The third kappa shape index (κ3) is 10.00. The summed E-state index contributed by atoms with van der Waals surface area (Å²) < 4.78 is 8.47. The standard InChI is InChI=1S/C55H69N9O7/c1-8-63-43-18-17-35-27-39(43)40(48(63)38-15-11-21-57-45(38)32(2)3)28-54(4,5)31-71-53(70)41-16-12-22-64(60-41)51(68)42(25-33-23-36(35)26-37(65)24-33)58-50(67)47(34-13-9-10-14-34)62(7)44(66)29-61(6)52(69)46-49(59-46)55(30-56)19-20-55/h11,15,17-18,21,23-24,26-27,32,34,41-42,46-47,49,59-60,65H,8-10,12-14,16,19-20,22,25,28-29,31H2,1-7H3,(H,58,67)/t41-,42-,46-,47-,49+/m0/s1. The number of carbonyl (C=O) groups excluding carboxylic acids is 5. The quantitative estimate of drug-likeness (QED) is 0.101. The Morgan fingerprint density at radius 2 is 1.79 bits per heavy atom. The molecule has 4 aromatic rings. The zero-order valence-electron chi connectivity index (χ0n) is 42.2. The lowest BCUT2D eigenvalue weighted by atomic mass is 9.83. The van der Waals surface area contributed by atoms with Crippen molar-refractivity contribution in [1.29, 1.82) is 5.26 Å². The Morgan fingerprint density at radius 3 is 2.49 bits per heavy atom. The van der Waals surface area contributed by atoms with Gasteiger partial charge in [0.05, 0.1) is 42.1 Å². The van der Waals surface area contributed by atoms with Crippen molar-refractivity contribution in [2.45, 2.75) is 141 Å². The molecular weight excluding hydrogens is 899 g/mol. The molecule has 0 unspecified atom stereocenters. The zero-order chi connectivity index (χ0) is 50.5. The first-order valence-corrected chi connectivity index (χ1v) is 25.6. The van der Waals surface area contributed by atoms with E-state index >= 15 is 0 Å². The second kappa shape index (κ2) is 19.7. The Kier molecular flexibility index (Phi) is 13.8. The van der Waals surface area contributed by atoms with Gasteiger partial charge in [0.15, 0.2) is 0 Å². The van der Waals surface area contributed by atoms with Crippen molar-refractivity contribution in [3.05, 3.63) is 71.5 Å². The third-order valence-electron chi connectivity index (χ3n) is 15.6. The van der Waals surface area contributed by atoms with Crippen LogP contribution in [0, 0.1) is 28.1 Å². The average Bonchev–Trinajstić information content (AvgIpc) is 4.26. The summed E-state index contributed by atoms with van der Waals surface area (Å²) in [4.78, 5) is 79.0. The van der Waals surface area contributed by atoms with Gasteiger partial charge in [0.1, 0.15) is 29.9 Å². The van der Waals surface area contributed by atoms with Crippen LogP contribution in [0.3, 0.4) is 0 Å². The molecule has 5 atom stereocenters. The van der Waals surface area contributed by atoms with E-state index in [0.717, 1.165) is 70.2 Å². The monoisotopic (exact) mass is 968 g/mol. The van der Waals surface area contributed by atoms with Crippen molar-refractivity contribution in [1.82, 2.24) is 40.4 Å². The Hall–Kier alpha value is -6.31. The number of amides is 4. The van der Waals surface area contributed by atoms with Gasteiger partial charge in [-0.2, -0.15) is 5.26 Å². The number of cyclic esters (lactones) is 1. The summed E-state index contributed by atoms with van der Waals surface area (Å²) in [6, 6.07) is 14.3. The number of carbonyl (C=O) groups is 5. The van der Waals surface area contributed by atoms with Gasteiger partial charge in [-0.05, 0) is 122 Å². The van der Waals surface area contributed by atoms with Crippen LogP contribution in [0.4, 0.5) is 0 Å². The van der Waals surface area contributed by atoms with Crippen LogP contribution >= 0.6 is 0 Å². The van der Waals surface area contributed by atoms with Crippen LogP contribution < -0.4 is 16.1 Å². The van der Waals surface area contributed by atoms with E-state index in [9.17, 15) is 34.3 Å². The van der Waals surface area contributed by atoms with Gasteiger partial charge in [0.25, 0.3) is 5.91 Å². The molecule has 16 heteroatoms. The lowest BCUT2D eigenvalue weighted by Gasteiger charge is -2.37. The van der Waals surface area contributed by atoms with Crippen molar-refractivity contribution in [3.63, 3.8) is 0 Å². The molecule has 5 aliphatic rings. The molecule has 9 rings (SSSR count). The normalized spacial score (nSPS) is 23.3. The van der Waals surface area contributed by atoms with Crippen molar-refractivity contribution >= 4 is 40.5 Å². The number of hydrogen-bond donors (Lipinski definition) is 4. The maximum atomic E-state index is 14.9. The summed E-state index contributed by atoms with van der Waals surface area (Å²) in [5.74, 6) is -2.19. The van der Waals surface area contributed by atoms with E-state index in [0.29, 0.717) is 44.2 Å². The van der Waals surface area contributed by atoms with Crippen molar-refractivity contribution in [3.8, 4) is 34.2 Å². The summed E-state index contributed by atoms with van der Waals surface area (Å²) in [7, 11) is 3.13. The highest BCUT2D eigenvalue weighted by Crippen LogP contribution is 2.53. The Labute approximate surface area is 416 Å². The molecule has 0 spiro atoms. The topological polar surface area (TPSA) is 212 Å². The van der Waals surface area contributed by atoms with E-state index in [1.165, 1.54) is 14.8 Å². The lowest BCUT2D eigenvalue weighted by molar-refractivity contribution is -0.155. The molecule has 0 radical (unpaired) electrons. The van der Waals surface area contributed by atoms with Gasteiger partial charge in [-0.15, -0.1) is 0 Å². The number of fused-ring (bicyclic) bond motifs is 6. The van der Waals surface area contributed by atoms with E-state index < -0.39 is 58.7 Å². The van der Waals surface area contributed by atoms with Crippen molar-refractivity contribution < 1.29 is 33.8 Å². The molecule has 3 aliphatic heterocycles. The molecule has 16 nitrogen and oxygen atoms in total. The summed E-state index contributed by atoms with van der Waals surface area (Å²) >= 11 is 0. The number of aromatic nitrogens is 2. The fourth-order valence-electron chi connectivity index (χ4n) is 11.6. The molecule has 2 aliphatic carbocycles. The number of phenolic OH excluding ortho intramolecular Hbond substituents is 1. The number of nitriles is 1. The second-order valence-electron chi connectivity index (χ2n) is 21.9. The largest absolute Gasteiger partial charge is 0.508 e. The van der Waals surface area contributed by atoms with Gasteiger partial charge in [0.2, 0.25) is 17.7 Å². The highest BCUT2D eigenvalue weighted by molar-refractivity contribution is 5.97. The highest BCUT2D eigenvalue weighted by atomic mass is 16.5. The minimum Gasteiger partial charge on any atom is -0.508 e. The number of pyridine rings is 1. The molecule has 376 valence electrons. The Bertz CT molecular complexity index is 2780. The molecule has 71 heavy (non-hydrogen) atoms. The van der Waals surface area contributed by atoms with Crippen LogP contribution in [-0.2, 0) is 48.1 Å². The van der Waals surface area contributed by atoms with E-state index in [-0.39, 0.29) is 55.7 Å². The SMILES string of the molecule is CCn1c(-c2cccnc2C(C)C)c2c3cc(ccc31)-c1cc(O)cc(c1)C[C@H](NC(=O)[C@H](C1CCCC1)N(C)C(=O)CN(C)C(=O)[C@H]1N[C@H]1C1(C#N)CC1)C(=O)N1CCC[C@H](N1)C(=O)OCC(C)(C)C2. The number of hydrazine groups is 1. The first kappa shape index (κ1) is 49.7. The van der Waals surface area contributed by atoms with Gasteiger partial charge < -0.3 is 29.5 Å². The molecule has 4 amide bonds. The predicted octanol–water partition coefficient (Wildman–Crippen LogP) is 5.99. The number of aryl methyl sites for hydroxylation is 1. The Balaban J connectivity index is 1.06. The molecule has 4 N–H and O–H groups in total. The maximum absolute atomic E-state index is 14.9. The third-order valence-corrected chi connectivity index (χ3v) is 15.6. The molecule has 6 bridgehead atoms. The van der Waals surface area contributed by atoms with E-state index in [1.807, 2.05) is 24.4 Å². The zero-order valence-corrected chi connectivity index (χ0v) is 42.2. The van der Waals surface area contributed by atoms with Gasteiger partial charge in [-0.25, -0.2) is 5.43 Å². The fraction of sp³-hybridized carbons (Fsp3) is 0.545. The van der Waals surface area contributed by atoms with Gasteiger partial charge in [-0.3, -0.25) is 39.3 Å². The number of benzene rings is 2. The molecular formula is C55H69N9O7. The van der Waals surface area contributed by atoms with Crippen LogP contribution in [0.25, 0.3) is 33.3 Å². The maximum Gasteiger partial charge on any atom is 0.324 e. The lowest BCUT2D eigenvalue weighted by Crippen LogP contribution is -2.62. The molecule has 5 heterocycles. The second-order valence-corrected chi connectivity index (χ2v) is 21.9. The molecule has 2 aromatic carbocycles. The average molecular weight is 968 g/mol. The number of nitrogens with zero attached hydrogens (tertiary/aromatic N) is 6. The summed E-state index contributed by atoms with van der Waals surface area (Å²) in [6.45, 7) is 11.4.